The summed E-state index contributed by atoms with van der Waals surface area (Å²) in [4.78, 5) is 25.5. The van der Waals surface area contributed by atoms with Crippen LogP contribution in [0.5, 0.6) is 23.0 Å². The third-order valence-electron chi connectivity index (χ3n) is 5.78. The summed E-state index contributed by atoms with van der Waals surface area (Å²) in [6.45, 7) is 5.37. The van der Waals surface area contributed by atoms with E-state index < -0.39 is 0 Å². The van der Waals surface area contributed by atoms with Crippen molar-refractivity contribution in [1.29, 1.82) is 0 Å². The molecule has 3 aromatic rings. The SMILES string of the molecule is CCOc1ccc(-c2cc(N3CCN(C(=O)COc4ccc5c(c4)OCO5)CC3)ncn2)cc1. The number of fused-ring (bicyclic) bond motifs is 1. The van der Waals surface area contributed by atoms with E-state index in [2.05, 4.69) is 14.9 Å². The van der Waals surface area contributed by atoms with E-state index in [-0.39, 0.29) is 19.3 Å². The molecular weight excluding hydrogens is 436 g/mol. The first kappa shape index (κ1) is 21.8. The molecule has 0 N–H and O–H groups in total. The number of ether oxygens (including phenoxy) is 4. The lowest BCUT2D eigenvalue weighted by Gasteiger charge is -2.35. The maximum atomic E-state index is 12.7. The van der Waals surface area contributed by atoms with Crippen molar-refractivity contribution in [2.45, 2.75) is 6.92 Å². The van der Waals surface area contributed by atoms with Gasteiger partial charge in [0.05, 0.1) is 12.3 Å². The molecule has 5 rings (SSSR count). The van der Waals surface area contributed by atoms with Crippen molar-refractivity contribution in [3.63, 3.8) is 0 Å². The van der Waals surface area contributed by atoms with Crippen molar-refractivity contribution in [1.82, 2.24) is 14.9 Å². The van der Waals surface area contributed by atoms with Crippen LogP contribution < -0.4 is 23.8 Å². The molecule has 1 saturated heterocycles. The molecule has 3 heterocycles. The van der Waals surface area contributed by atoms with Crippen molar-refractivity contribution >= 4 is 11.7 Å². The molecule has 0 unspecified atom stereocenters. The van der Waals surface area contributed by atoms with Gasteiger partial charge in [-0.2, -0.15) is 0 Å². The van der Waals surface area contributed by atoms with Gasteiger partial charge in [-0.25, -0.2) is 9.97 Å². The average Bonchev–Trinajstić information content (AvgIpc) is 3.36. The second-order valence-electron chi connectivity index (χ2n) is 7.89. The second-order valence-corrected chi connectivity index (χ2v) is 7.89. The highest BCUT2D eigenvalue weighted by Gasteiger charge is 2.23. The zero-order valence-electron chi connectivity index (χ0n) is 19.0. The second kappa shape index (κ2) is 9.86. The quantitative estimate of drug-likeness (QED) is 0.530. The number of amides is 1. The predicted octanol–water partition coefficient (Wildman–Crippen LogP) is 3.00. The third kappa shape index (κ3) is 4.83. The van der Waals surface area contributed by atoms with Gasteiger partial charge in [0.1, 0.15) is 23.6 Å². The van der Waals surface area contributed by atoms with E-state index in [4.69, 9.17) is 18.9 Å². The monoisotopic (exact) mass is 462 g/mol. The number of aromatic nitrogens is 2. The van der Waals surface area contributed by atoms with Gasteiger partial charge in [0.15, 0.2) is 18.1 Å². The Bertz CT molecular complexity index is 1150. The number of carbonyl (C=O) groups excluding carboxylic acids is 1. The van der Waals surface area contributed by atoms with Gasteiger partial charge in [-0.1, -0.05) is 0 Å². The van der Waals surface area contributed by atoms with Gasteiger partial charge in [0.25, 0.3) is 5.91 Å². The van der Waals surface area contributed by atoms with Crippen molar-refractivity contribution < 1.29 is 23.7 Å². The largest absolute Gasteiger partial charge is 0.494 e. The lowest BCUT2D eigenvalue weighted by atomic mass is 10.1. The molecule has 176 valence electrons. The molecule has 2 aliphatic heterocycles. The number of rotatable bonds is 7. The van der Waals surface area contributed by atoms with E-state index in [1.165, 1.54) is 0 Å². The molecule has 0 spiro atoms. The number of piperazine rings is 1. The van der Waals surface area contributed by atoms with E-state index >= 15 is 0 Å². The van der Waals surface area contributed by atoms with E-state index in [0.717, 1.165) is 22.8 Å². The Morgan fingerprint density at radius 2 is 1.68 bits per heavy atom. The summed E-state index contributed by atoms with van der Waals surface area (Å²) >= 11 is 0. The first-order chi connectivity index (χ1) is 16.7. The van der Waals surface area contributed by atoms with Gasteiger partial charge in [-0.3, -0.25) is 4.79 Å². The van der Waals surface area contributed by atoms with Crippen LogP contribution in [0.1, 0.15) is 6.92 Å². The summed E-state index contributed by atoms with van der Waals surface area (Å²) in [5.74, 6) is 3.54. The van der Waals surface area contributed by atoms with E-state index in [9.17, 15) is 4.79 Å². The number of carbonyl (C=O) groups is 1. The fourth-order valence-corrected chi connectivity index (χ4v) is 3.95. The Balaban J connectivity index is 1.15. The van der Waals surface area contributed by atoms with Crippen LogP contribution in [0.2, 0.25) is 0 Å². The molecule has 2 aromatic carbocycles. The minimum Gasteiger partial charge on any atom is -0.494 e. The van der Waals surface area contributed by atoms with Crippen molar-refractivity contribution in [3.05, 3.63) is 54.9 Å². The molecule has 9 heteroatoms. The van der Waals surface area contributed by atoms with Crippen LogP contribution in [0.15, 0.2) is 54.9 Å². The maximum absolute atomic E-state index is 12.7. The van der Waals surface area contributed by atoms with Gasteiger partial charge < -0.3 is 28.7 Å². The average molecular weight is 463 g/mol. The van der Waals surface area contributed by atoms with Crippen molar-refractivity contribution in [2.24, 2.45) is 0 Å². The van der Waals surface area contributed by atoms with Gasteiger partial charge in [-0.15, -0.1) is 0 Å². The van der Waals surface area contributed by atoms with Crippen LogP contribution >= 0.6 is 0 Å². The molecule has 0 atom stereocenters. The fourth-order valence-electron chi connectivity index (χ4n) is 3.95. The Hall–Kier alpha value is -4.01. The first-order valence-electron chi connectivity index (χ1n) is 11.3. The first-order valence-corrected chi connectivity index (χ1v) is 11.3. The van der Waals surface area contributed by atoms with Gasteiger partial charge >= 0.3 is 0 Å². The number of hydrogen-bond acceptors (Lipinski definition) is 8. The highest BCUT2D eigenvalue weighted by atomic mass is 16.7. The Labute approximate surface area is 197 Å². The molecule has 1 amide bonds. The highest BCUT2D eigenvalue weighted by Crippen LogP contribution is 2.35. The van der Waals surface area contributed by atoms with Crippen LogP contribution in [0.3, 0.4) is 0 Å². The lowest BCUT2D eigenvalue weighted by Crippen LogP contribution is -2.50. The number of benzene rings is 2. The zero-order valence-corrected chi connectivity index (χ0v) is 19.0. The molecule has 0 bridgehead atoms. The minimum absolute atomic E-state index is 0.0188. The lowest BCUT2D eigenvalue weighted by molar-refractivity contribution is -0.133. The van der Waals surface area contributed by atoms with Gasteiger partial charge in [0.2, 0.25) is 6.79 Å². The number of anilines is 1. The minimum atomic E-state index is -0.0462. The summed E-state index contributed by atoms with van der Waals surface area (Å²) in [6.07, 6.45) is 1.58. The Morgan fingerprint density at radius 3 is 2.47 bits per heavy atom. The summed E-state index contributed by atoms with van der Waals surface area (Å²) in [6, 6.07) is 15.1. The van der Waals surface area contributed by atoms with Crippen molar-refractivity contribution in [3.8, 4) is 34.3 Å². The summed E-state index contributed by atoms with van der Waals surface area (Å²) in [5.41, 5.74) is 1.85. The maximum Gasteiger partial charge on any atom is 0.260 e. The van der Waals surface area contributed by atoms with Crippen molar-refractivity contribution in [2.75, 3.05) is 51.1 Å². The Kier molecular flexibility index (Phi) is 6.33. The molecule has 9 nitrogen and oxygen atoms in total. The number of nitrogens with zero attached hydrogens (tertiary/aromatic N) is 4. The van der Waals surface area contributed by atoms with E-state index in [1.807, 2.05) is 42.2 Å². The number of hydrogen-bond donors (Lipinski definition) is 0. The third-order valence-corrected chi connectivity index (χ3v) is 5.78. The topological polar surface area (TPSA) is 86.3 Å². The smallest absolute Gasteiger partial charge is 0.260 e. The zero-order chi connectivity index (χ0) is 23.3. The molecule has 2 aliphatic rings. The van der Waals surface area contributed by atoms with Gasteiger partial charge in [-0.05, 0) is 43.3 Å². The van der Waals surface area contributed by atoms with Crippen LogP contribution in [-0.4, -0.2) is 67.0 Å². The molecule has 1 fully saturated rings. The molecule has 34 heavy (non-hydrogen) atoms. The molecule has 0 radical (unpaired) electrons. The van der Waals surface area contributed by atoms with Gasteiger partial charge in [0, 0.05) is 43.9 Å². The van der Waals surface area contributed by atoms with Crippen LogP contribution in [0.25, 0.3) is 11.3 Å². The molecule has 0 saturated carbocycles. The molecule has 0 aliphatic carbocycles. The van der Waals surface area contributed by atoms with E-state index in [0.29, 0.717) is 50.0 Å². The standard InChI is InChI=1S/C25H26N4O5/c1-2-31-19-5-3-18(4-6-19)21-14-24(27-16-26-21)28-9-11-29(12-10-28)25(30)15-32-20-7-8-22-23(13-20)34-17-33-22/h3-8,13-14,16H,2,9-12,15,17H2,1H3. The summed E-state index contributed by atoms with van der Waals surface area (Å²) < 4.78 is 21.8. The van der Waals surface area contributed by atoms with Crippen LogP contribution in [-0.2, 0) is 4.79 Å². The normalized spacial score (nSPS) is 14.7. The summed E-state index contributed by atoms with van der Waals surface area (Å²) in [7, 11) is 0. The predicted molar refractivity (Wildman–Crippen MR) is 125 cm³/mol. The fraction of sp³-hybridized carbons (Fsp3) is 0.320. The Morgan fingerprint density at radius 1 is 0.912 bits per heavy atom. The highest BCUT2D eigenvalue weighted by molar-refractivity contribution is 5.78. The van der Waals surface area contributed by atoms with Crippen LogP contribution in [0, 0.1) is 0 Å². The molecule has 1 aromatic heterocycles. The molecular formula is C25H26N4O5. The summed E-state index contributed by atoms with van der Waals surface area (Å²) in [5, 5.41) is 0. The van der Waals surface area contributed by atoms with Crippen LogP contribution in [0.4, 0.5) is 5.82 Å². The van der Waals surface area contributed by atoms with E-state index in [1.54, 1.807) is 24.5 Å².